The van der Waals surface area contributed by atoms with E-state index in [4.69, 9.17) is 0 Å². The van der Waals surface area contributed by atoms with Gasteiger partial charge in [0.15, 0.2) is 5.82 Å². The fourth-order valence-electron chi connectivity index (χ4n) is 2.53. The Morgan fingerprint density at radius 1 is 1.19 bits per heavy atom. The Morgan fingerprint density at radius 2 is 1.95 bits per heavy atom. The Bertz CT molecular complexity index is 691. The van der Waals surface area contributed by atoms with Gasteiger partial charge in [-0.25, -0.2) is 13.4 Å². The van der Waals surface area contributed by atoms with Gasteiger partial charge in [0, 0.05) is 5.56 Å². The summed E-state index contributed by atoms with van der Waals surface area (Å²) in [5.74, 6) is 1.31. The summed E-state index contributed by atoms with van der Waals surface area (Å²) in [4.78, 5) is 4.10. The molecule has 112 valence electrons. The molecule has 0 bridgehead atoms. The Balaban J connectivity index is 1.66. The van der Waals surface area contributed by atoms with Gasteiger partial charge in [0.05, 0.1) is 5.75 Å². The molecule has 0 saturated heterocycles. The molecule has 1 aliphatic rings. The van der Waals surface area contributed by atoms with Gasteiger partial charge in [-0.05, 0) is 18.8 Å². The van der Waals surface area contributed by atoms with Crippen molar-refractivity contribution < 1.29 is 8.42 Å². The number of nitrogens with zero attached hydrogens (tertiary/aromatic N) is 3. The van der Waals surface area contributed by atoms with Crippen molar-refractivity contribution in [1.82, 2.24) is 14.2 Å². The van der Waals surface area contributed by atoms with Crippen molar-refractivity contribution in [2.24, 2.45) is 5.92 Å². The van der Waals surface area contributed by atoms with E-state index >= 15 is 0 Å². The Kier molecular flexibility index (Phi) is 4.05. The molecule has 2 aromatic rings. The largest absolute Gasteiger partial charge is 0.255 e. The monoisotopic (exact) mass is 305 g/mol. The predicted molar refractivity (Wildman–Crippen MR) is 81.2 cm³/mol. The first-order valence-corrected chi connectivity index (χ1v) is 8.96. The normalized spacial score (nSPS) is 15.8. The van der Waals surface area contributed by atoms with E-state index in [2.05, 4.69) is 10.1 Å². The van der Waals surface area contributed by atoms with Crippen molar-refractivity contribution in [2.45, 2.75) is 32.1 Å². The number of aromatic nitrogens is 3. The molecule has 6 heteroatoms. The first-order valence-electron chi connectivity index (χ1n) is 7.35. The molecule has 0 amide bonds. The maximum atomic E-state index is 12.2. The van der Waals surface area contributed by atoms with Crippen LogP contribution < -0.4 is 0 Å². The van der Waals surface area contributed by atoms with E-state index in [0.717, 1.165) is 22.0 Å². The minimum Gasteiger partial charge on any atom is -0.214 e. The minimum atomic E-state index is -3.38. The lowest BCUT2D eigenvalue weighted by molar-refractivity contribution is 0.294. The molecule has 0 unspecified atom stereocenters. The van der Waals surface area contributed by atoms with Crippen LogP contribution >= 0.6 is 0 Å². The molecular weight excluding hydrogens is 286 g/mol. The maximum absolute atomic E-state index is 12.2. The molecule has 5 nitrogen and oxygen atoms in total. The van der Waals surface area contributed by atoms with E-state index in [9.17, 15) is 8.42 Å². The molecular formula is C15H19N3O2S. The van der Waals surface area contributed by atoms with Gasteiger partial charge >= 0.3 is 0 Å². The van der Waals surface area contributed by atoms with Crippen LogP contribution in [0.4, 0.5) is 0 Å². The standard InChI is InChI=1S/C15H19N3O2S/c19-21(20,11-5-8-13-6-4-7-13)18-12-16-15(17-18)14-9-2-1-3-10-14/h1-3,9-10,12-13H,4-8,11H2. The Labute approximate surface area is 125 Å². The van der Waals surface area contributed by atoms with Crippen LogP contribution in [0.15, 0.2) is 36.7 Å². The molecule has 0 aliphatic heterocycles. The topological polar surface area (TPSA) is 64.8 Å². The molecule has 0 spiro atoms. The third kappa shape index (κ3) is 3.32. The summed E-state index contributed by atoms with van der Waals surface area (Å²) >= 11 is 0. The van der Waals surface area contributed by atoms with Crippen LogP contribution in [0.1, 0.15) is 32.1 Å². The van der Waals surface area contributed by atoms with Crippen LogP contribution in [-0.4, -0.2) is 28.3 Å². The van der Waals surface area contributed by atoms with Crippen molar-refractivity contribution in [1.29, 1.82) is 0 Å². The highest BCUT2D eigenvalue weighted by Gasteiger charge is 2.20. The molecule has 1 aromatic carbocycles. The highest BCUT2D eigenvalue weighted by molar-refractivity contribution is 7.89. The molecule has 3 rings (SSSR count). The lowest BCUT2D eigenvalue weighted by atomic mass is 9.82. The van der Waals surface area contributed by atoms with E-state index in [1.165, 1.54) is 25.6 Å². The van der Waals surface area contributed by atoms with E-state index < -0.39 is 10.0 Å². The van der Waals surface area contributed by atoms with Crippen molar-refractivity contribution in [2.75, 3.05) is 5.75 Å². The number of hydrogen-bond donors (Lipinski definition) is 0. The highest BCUT2D eigenvalue weighted by Crippen LogP contribution is 2.30. The first-order chi connectivity index (χ1) is 10.1. The quantitative estimate of drug-likeness (QED) is 0.823. The van der Waals surface area contributed by atoms with Crippen LogP contribution in [0, 0.1) is 5.92 Å². The van der Waals surface area contributed by atoms with E-state index in [1.54, 1.807) is 0 Å². The summed E-state index contributed by atoms with van der Waals surface area (Å²) in [6.07, 6.45) is 6.79. The summed E-state index contributed by atoms with van der Waals surface area (Å²) in [7, 11) is -3.38. The average Bonchev–Trinajstić information content (AvgIpc) is 2.93. The highest BCUT2D eigenvalue weighted by atomic mass is 32.2. The van der Waals surface area contributed by atoms with E-state index in [-0.39, 0.29) is 5.75 Å². The second kappa shape index (κ2) is 5.97. The maximum Gasteiger partial charge on any atom is 0.255 e. The summed E-state index contributed by atoms with van der Waals surface area (Å²) in [6.45, 7) is 0. The molecule has 1 heterocycles. The second-order valence-electron chi connectivity index (χ2n) is 5.56. The molecule has 1 saturated carbocycles. The summed E-state index contributed by atoms with van der Waals surface area (Å²) < 4.78 is 25.5. The Morgan fingerprint density at radius 3 is 2.62 bits per heavy atom. The van der Waals surface area contributed by atoms with Gasteiger partial charge in [-0.3, -0.25) is 0 Å². The van der Waals surface area contributed by atoms with Crippen LogP contribution in [-0.2, 0) is 10.0 Å². The molecule has 0 atom stereocenters. The smallest absolute Gasteiger partial charge is 0.214 e. The molecule has 0 radical (unpaired) electrons. The SMILES string of the molecule is O=S(=O)(CCCC1CCC1)n1cnc(-c2ccccc2)n1. The lowest BCUT2D eigenvalue weighted by Crippen LogP contribution is -2.19. The zero-order chi connectivity index (χ0) is 14.7. The number of hydrogen-bond acceptors (Lipinski definition) is 4. The zero-order valence-corrected chi connectivity index (χ0v) is 12.7. The summed E-state index contributed by atoms with van der Waals surface area (Å²) in [6, 6.07) is 9.38. The van der Waals surface area contributed by atoms with E-state index in [1.807, 2.05) is 30.3 Å². The fourth-order valence-corrected chi connectivity index (χ4v) is 3.64. The first kappa shape index (κ1) is 14.3. The van der Waals surface area contributed by atoms with Crippen molar-refractivity contribution in [3.05, 3.63) is 36.7 Å². The van der Waals surface area contributed by atoms with Gasteiger partial charge in [-0.1, -0.05) is 49.6 Å². The van der Waals surface area contributed by atoms with Crippen LogP contribution in [0.25, 0.3) is 11.4 Å². The lowest BCUT2D eigenvalue weighted by Gasteiger charge is -2.24. The van der Waals surface area contributed by atoms with Crippen LogP contribution in [0.3, 0.4) is 0 Å². The van der Waals surface area contributed by atoms with Gasteiger partial charge in [0.1, 0.15) is 6.33 Å². The molecule has 1 fully saturated rings. The van der Waals surface area contributed by atoms with Gasteiger partial charge in [-0.15, -0.1) is 9.19 Å². The van der Waals surface area contributed by atoms with Crippen LogP contribution in [0.2, 0.25) is 0 Å². The van der Waals surface area contributed by atoms with Gasteiger partial charge in [0.25, 0.3) is 10.0 Å². The summed E-state index contributed by atoms with van der Waals surface area (Å²) in [5.41, 5.74) is 0.820. The fraction of sp³-hybridized carbons (Fsp3) is 0.467. The minimum absolute atomic E-state index is 0.140. The average molecular weight is 305 g/mol. The van der Waals surface area contributed by atoms with Crippen LogP contribution in [0.5, 0.6) is 0 Å². The van der Waals surface area contributed by atoms with Crippen molar-refractivity contribution >= 4 is 10.0 Å². The van der Waals surface area contributed by atoms with Crippen molar-refractivity contribution in [3.8, 4) is 11.4 Å². The molecule has 1 aliphatic carbocycles. The van der Waals surface area contributed by atoms with Gasteiger partial charge in [-0.2, -0.15) is 0 Å². The summed E-state index contributed by atoms with van der Waals surface area (Å²) in [5, 5.41) is 4.10. The van der Waals surface area contributed by atoms with Gasteiger partial charge in [0.2, 0.25) is 0 Å². The third-order valence-electron chi connectivity index (χ3n) is 4.03. The Hall–Kier alpha value is -1.69. The van der Waals surface area contributed by atoms with E-state index in [0.29, 0.717) is 12.2 Å². The molecule has 21 heavy (non-hydrogen) atoms. The third-order valence-corrected chi connectivity index (χ3v) is 5.58. The zero-order valence-electron chi connectivity index (χ0n) is 11.9. The number of rotatable bonds is 6. The molecule has 1 aromatic heterocycles. The second-order valence-corrected chi connectivity index (χ2v) is 7.51. The van der Waals surface area contributed by atoms with Crippen molar-refractivity contribution in [3.63, 3.8) is 0 Å². The van der Waals surface area contributed by atoms with Gasteiger partial charge < -0.3 is 0 Å². The molecule has 0 N–H and O–H groups in total. The predicted octanol–water partition coefficient (Wildman–Crippen LogP) is 2.70. The number of benzene rings is 1.